The average molecular weight is 221 g/mol. The molecule has 4 nitrogen and oxygen atoms in total. The molecule has 0 spiro atoms. The van der Waals surface area contributed by atoms with Gasteiger partial charge in [-0.05, 0) is 24.1 Å². The van der Waals surface area contributed by atoms with Crippen LogP contribution in [0.15, 0.2) is 24.3 Å². The van der Waals surface area contributed by atoms with Crippen molar-refractivity contribution in [2.24, 2.45) is 0 Å². The molecule has 1 heterocycles. The zero-order chi connectivity index (χ0) is 11.5. The van der Waals surface area contributed by atoms with Crippen molar-refractivity contribution >= 4 is 5.97 Å². The highest BCUT2D eigenvalue weighted by molar-refractivity contribution is 5.74. The second-order valence-electron chi connectivity index (χ2n) is 3.96. The Hall–Kier alpha value is -1.55. The number of methoxy groups -OCH3 is 1. The van der Waals surface area contributed by atoms with Gasteiger partial charge < -0.3 is 9.84 Å². The van der Waals surface area contributed by atoms with E-state index in [2.05, 4.69) is 0 Å². The van der Waals surface area contributed by atoms with Crippen molar-refractivity contribution in [1.29, 1.82) is 0 Å². The lowest BCUT2D eigenvalue weighted by molar-refractivity contribution is -0.148. The van der Waals surface area contributed by atoms with Gasteiger partial charge in [0.2, 0.25) is 0 Å². The van der Waals surface area contributed by atoms with Gasteiger partial charge in [0.1, 0.15) is 11.8 Å². The molecule has 0 aromatic heterocycles. The number of carbonyl (C=O) groups is 1. The van der Waals surface area contributed by atoms with Crippen LogP contribution < -0.4 is 4.74 Å². The molecule has 1 aromatic rings. The largest absolute Gasteiger partial charge is 0.497 e. The predicted molar refractivity (Wildman–Crippen MR) is 59.4 cm³/mol. The zero-order valence-corrected chi connectivity index (χ0v) is 9.22. The van der Waals surface area contributed by atoms with E-state index in [1.807, 2.05) is 29.2 Å². The van der Waals surface area contributed by atoms with Gasteiger partial charge in [0.25, 0.3) is 0 Å². The normalized spacial score (nSPS) is 20.2. The lowest BCUT2D eigenvalue weighted by atomic mass is 10.0. The number of hydrogen-bond donors (Lipinski definition) is 1. The maximum absolute atomic E-state index is 10.8. The van der Waals surface area contributed by atoms with Crippen molar-refractivity contribution in [3.8, 4) is 5.75 Å². The molecule has 0 saturated carbocycles. The van der Waals surface area contributed by atoms with E-state index in [0.717, 1.165) is 24.3 Å². The summed E-state index contributed by atoms with van der Waals surface area (Å²) >= 11 is 0. The molecule has 2 rings (SSSR count). The van der Waals surface area contributed by atoms with E-state index in [9.17, 15) is 4.79 Å². The fourth-order valence-electron chi connectivity index (χ4n) is 1.88. The predicted octanol–water partition coefficient (Wildman–Crippen LogP) is 1.35. The van der Waals surface area contributed by atoms with Gasteiger partial charge in [-0.25, -0.2) is 0 Å². The molecule has 0 aliphatic carbocycles. The third-order valence-electron chi connectivity index (χ3n) is 2.96. The molecule has 1 aromatic carbocycles. The van der Waals surface area contributed by atoms with E-state index in [-0.39, 0.29) is 6.04 Å². The topological polar surface area (TPSA) is 49.8 Å². The first kappa shape index (κ1) is 11.0. The minimum absolute atomic E-state index is 0.304. The van der Waals surface area contributed by atoms with Gasteiger partial charge in [0.05, 0.1) is 7.11 Å². The van der Waals surface area contributed by atoms with Crippen LogP contribution >= 0.6 is 0 Å². The summed E-state index contributed by atoms with van der Waals surface area (Å²) in [5, 5.41) is 8.90. The van der Waals surface area contributed by atoms with Crippen LogP contribution in [0.25, 0.3) is 0 Å². The Morgan fingerprint density at radius 1 is 1.50 bits per heavy atom. The summed E-state index contributed by atoms with van der Waals surface area (Å²) < 4.78 is 5.07. The molecule has 0 amide bonds. The molecule has 1 fully saturated rings. The Bertz CT molecular complexity index is 374. The quantitative estimate of drug-likeness (QED) is 0.834. The van der Waals surface area contributed by atoms with Crippen molar-refractivity contribution in [1.82, 2.24) is 4.90 Å². The molecule has 16 heavy (non-hydrogen) atoms. The second-order valence-corrected chi connectivity index (χ2v) is 3.96. The van der Waals surface area contributed by atoms with Gasteiger partial charge >= 0.3 is 5.97 Å². The molecule has 4 heteroatoms. The van der Waals surface area contributed by atoms with Crippen LogP contribution in [0.4, 0.5) is 0 Å². The van der Waals surface area contributed by atoms with Crippen LogP contribution in [0.1, 0.15) is 12.0 Å². The lowest BCUT2D eigenvalue weighted by Gasteiger charge is -2.37. The summed E-state index contributed by atoms with van der Waals surface area (Å²) in [6.07, 6.45) is 0.755. The van der Waals surface area contributed by atoms with Crippen LogP contribution in [0, 0.1) is 0 Å². The number of carboxylic acid groups (broad SMARTS) is 1. The van der Waals surface area contributed by atoms with Gasteiger partial charge in [0.15, 0.2) is 0 Å². The highest BCUT2D eigenvalue weighted by Crippen LogP contribution is 2.21. The fraction of sp³-hybridized carbons (Fsp3) is 0.417. The number of benzene rings is 1. The Kier molecular flexibility index (Phi) is 3.10. The van der Waals surface area contributed by atoms with Crippen molar-refractivity contribution < 1.29 is 14.6 Å². The van der Waals surface area contributed by atoms with Crippen LogP contribution in [0.5, 0.6) is 5.75 Å². The molecule has 1 atom stereocenters. The molecule has 0 radical (unpaired) electrons. The zero-order valence-electron chi connectivity index (χ0n) is 9.22. The van der Waals surface area contributed by atoms with Crippen LogP contribution in [-0.4, -0.2) is 35.7 Å². The Morgan fingerprint density at radius 2 is 2.19 bits per heavy atom. The molecule has 1 aliphatic heterocycles. The fourth-order valence-corrected chi connectivity index (χ4v) is 1.88. The number of ether oxygens (including phenoxy) is 1. The second kappa shape index (κ2) is 4.53. The molecule has 0 unspecified atom stereocenters. The minimum atomic E-state index is -0.722. The standard InChI is InChI=1S/C12H15NO3/c1-16-10-4-2-9(3-5-10)8-13-7-6-11(13)12(14)15/h2-5,11H,6-8H2,1H3,(H,14,15)/t11-/m1/s1. The average Bonchev–Trinajstić information content (AvgIpc) is 2.24. The van der Waals surface area contributed by atoms with Gasteiger partial charge in [-0.3, -0.25) is 9.69 Å². The van der Waals surface area contributed by atoms with E-state index in [4.69, 9.17) is 9.84 Å². The summed E-state index contributed by atoms with van der Waals surface area (Å²) in [7, 11) is 1.63. The number of likely N-dealkylation sites (tertiary alicyclic amines) is 1. The molecule has 86 valence electrons. The monoisotopic (exact) mass is 221 g/mol. The minimum Gasteiger partial charge on any atom is -0.497 e. The maximum atomic E-state index is 10.8. The third-order valence-corrected chi connectivity index (χ3v) is 2.96. The molecule has 1 N–H and O–H groups in total. The lowest BCUT2D eigenvalue weighted by Crippen LogP contribution is -2.51. The van der Waals surface area contributed by atoms with Crippen molar-refractivity contribution in [3.05, 3.63) is 29.8 Å². The van der Waals surface area contributed by atoms with Gasteiger partial charge in [-0.15, -0.1) is 0 Å². The molecular weight excluding hydrogens is 206 g/mol. The summed E-state index contributed by atoms with van der Waals surface area (Å²) in [6, 6.07) is 7.42. The van der Waals surface area contributed by atoms with E-state index >= 15 is 0 Å². The molecule has 1 saturated heterocycles. The Morgan fingerprint density at radius 3 is 2.62 bits per heavy atom. The first-order valence-corrected chi connectivity index (χ1v) is 5.30. The summed E-state index contributed by atoms with van der Waals surface area (Å²) in [4.78, 5) is 12.8. The highest BCUT2D eigenvalue weighted by Gasteiger charge is 2.33. The molecular formula is C12H15NO3. The molecule has 1 aliphatic rings. The number of aliphatic carboxylic acids is 1. The van der Waals surface area contributed by atoms with Gasteiger partial charge in [-0.1, -0.05) is 12.1 Å². The number of carboxylic acids is 1. The first-order valence-electron chi connectivity index (χ1n) is 5.30. The van der Waals surface area contributed by atoms with Crippen molar-refractivity contribution in [2.75, 3.05) is 13.7 Å². The number of nitrogens with zero attached hydrogens (tertiary/aromatic N) is 1. The van der Waals surface area contributed by atoms with Crippen LogP contribution in [0.3, 0.4) is 0 Å². The molecule has 0 bridgehead atoms. The SMILES string of the molecule is COc1ccc(CN2CC[C@@H]2C(=O)O)cc1. The van der Waals surface area contributed by atoms with Crippen molar-refractivity contribution in [2.45, 2.75) is 19.0 Å². The smallest absolute Gasteiger partial charge is 0.320 e. The van der Waals surface area contributed by atoms with Gasteiger partial charge in [0, 0.05) is 13.1 Å². The van der Waals surface area contributed by atoms with Crippen molar-refractivity contribution in [3.63, 3.8) is 0 Å². The number of rotatable bonds is 4. The third kappa shape index (κ3) is 2.17. The van der Waals surface area contributed by atoms with Crippen LogP contribution in [0.2, 0.25) is 0 Å². The number of hydrogen-bond acceptors (Lipinski definition) is 3. The summed E-state index contributed by atoms with van der Waals surface area (Å²) in [5.41, 5.74) is 1.12. The highest BCUT2D eigenvalue weighted by atomic mass is 16.5. The van der Waals surface area contributed by atoms with Gasteiger partial charge in [-0.2, -0.15) is 0 Å². The van der Waals surface area contributed by atoms with E-state index in [1.54, 1.807) is 7.11 Å². The first-order chi connectivity index (χ1) is 7.70. The van der Waals surface area contributed by atoms with E-state index in [0.29, 0.717) is 6.54 Å². The maximum Gasteiger partial charge on any atom is 0.320 e. The Labute approximate surface area is 94.4 Å². The summed E-state index contributed by atoms with van der Waals surface area (Å²) in [6.45, 7) is 1.56. The van der Waals surface area contributed by atoms with E-state index in [1.165, 1.54) is 0 Å². The summed E-state index contributed by atoms with van der Waals surface area (Å²) in [5.74, 6) is 0.0990. The van der Waals surface area contributed by atoms with E-state index < -0.39 is 5.97 Å². The van der Waals surface area contributed by atoms with Crippen LogP contribution in [-0.2, 0) is 11.3 Å². The Balaban J connectivity index is 1.96.